The van der Waals surface area contributed by atoms with Crippen LogP contribution in [0.5, 0.6) is 0 Å². The van der Waals surface area contributed by atoms with Crippen molar-refractivity contribution >= 4 is 5.91 Å². The van der Waals surface area contributed by atoms with E-state index in [2.05, 4.69) is 10.2 Å². The number of hydrogen-bond acceptors (Lipinski definition) is 3. The Bertz CT molecular complexity index is 397. The number of amides is 1. The Morgan fingerprint density at radius 1 is 1.40 bits per heavy atom. The molecule has 1 aromatic heterocycles. The van der Waals surface area contributed by atoms with E-state index in [1.54, 1.807) is 6.26 Å². The average Bonchev–Trinajstić information content (AvgIpc) is 3.01. The minimum atomic E-state index is 0.0774. The molecule has 112 valence electrons. The molecular formula is C16H26N2O2. The van der Waals surface area contributed by atoms with Gasteiger partial charge in [0.05, 0.1) is 12.3 Å². The summed E-state index contributed by atoms with van der Waals surface area (Å²) >= 11 is 0. The summed E-state index contributed by atoms with van der Waals surface area (Å²) in [5, 5.41) is 3.08. The summed E-state index contributed by atoms with van der Waals surface area (Å²) in [6, 6.07) is 4.09. The molecular weight excluding hydrogens is 252 g/mol. The highest BCUT2D eigenvalue weighted by molar-refractivity contribution is 5.78. The molecule has 20 heavy (non-hydrogen) atoms. The summed E-state index contributed by atoms with van der Waals surface area (Å²) in [4.78, 5) is 14.4. The van der Waals surface area contributed by atoms with Gasteiger partial charge in [-0.15, -0.1) is 0 Å². The van der Waals surface area contributed by atoms with Crippen molar-refractivity contribution in [1.82, 2.24) is 10.2 Å². The van der Waals surface area contributed by atoms with Gasteiger partial charge in [0.15, 0.2) is 0 Å². The number of carbonyl (C=O) groups is 1. The summed E-state index contributed by atoms with van der Waals surface area (Å²) in [5.41, 5.74) is 0. The van der Waals surface area contributed by atoms with Gasteiger partial charge >= 0.3 is 0 Å². The maximum absolute atomic E-state index is 12.0. The number of likely N-dealkylation sites (tertiary alicyclic amines) is 1. The zero-order valence-corrected chi connectivity index (χ0v) is 12.6. The van der Waals surface area contributed by atoms with E-state index in [1.807, 2.05) is 26.0 Å². The minimum Gasteiger partial charge on any atom is -0.468 e. The second kappa shape index (κ2) is 7.48. The van der Waals surface area contributed by atoms with Crippen LogP contribution in [0.2, 0.25) is 0 Å². The molecule has 0 bridgehead atoms. The summed E-state index contributed by atoms with van der Waals surface area (Å²) in [6.45, 7) is 6.82. The van der Waals surface area contributed by atoms with Crippen molar-refractivity contribution in [3.05, 3.63) is 24.2 Å². The number of piperidine rings is 1. The first kappa shape index (κ1) is 15.1. The first-order chi connectivity index (χ1) is 9.72. The number of rotatable bonds is 6. The van der Waals surface area contributed by atoms with Crippen LogP contribution in [0, 0.1) is 5.92 Å². The number of hydrogen-bond donors (Lipinski definition) is 1. The Morgan fingerprint density at radius 2 is 2.15 bits per heavy atom. The predicted molar refractivity (Wildman–Crippen MR) is 79.3 cm³/mol. The molecule has 4 heteroatoms. The van der Waals surface area contributed by atoms with Crippen molar-refractivity contribution in [3.8, 4) is 0 Å². The third-order valence-electron chi connectivity index (χ3n) is 4.23. The molecule has 4 nitrogen and oxygen atoms in total. The third kappa shape index (κ3) is 3.85. The summed E-state index contributed by atoms with van der Waals surface area (Å²) < 4.78 is 5.58. The van der Waals surface area contributed by atoms with Crippen LogP contribution >= 0.6 is 0 Å². The van der Waals surface area contributed by atoms with Gasteiger partial charge in [-0.25, -0.2) is 0 Å². The standard InChI is InChI=1S/C16H26N2O2/c1-3-13(2)16(19)17-12-14(15-8-7-11-20-15)18-9-5-4-6-10-18/h7-8,11,13-14H,3-6,9-10,12H2,1-2H3,(H,17,19). The predicted octanol–water partition coefficient (Wildman–Crippen LogP) is 2.97. The van der Waals surface area contributed by atoms with Gasteiger partial charge in [0, 0.05) is 12.5 Å². The zero-order chi connectivity index (χ0) is 14.4. The average molecular weight is 278 g/mol. The lowest BCUT2D eigenvalue weighted by molar-refractivity contribution is -0.124. The van der Waals surface area contributed by atoms with E-state index in [0.717, 1.165) is 25.3 Å². The molecule has 2 unspecified atom stereocenters. The fourth-order valence-corrected chi connectivity index (χ4v) is 2.68. The minimum absolute atomic E-state index is 0.0774. The van der Waals surface area contributed by atoms with E-state index < -0.39 is 0 Å². The quantitative estimate of drug-likeness (QED) is 0.870. The molecule has 2 atom stereocenters. The molecule has 0 aliphatic carbocycles. The summed E-state index contributed by atoms with van der Waals surface area (Å²) in [6.07, 6.45) is 6.36. The highest BCUT2D eigenvalue weighted by Gasteiger charge is 2.25. The molecule has 0 spiro atoms. The van der Waals surface area contributed by atoms with E-state index in [9.17, 15) is 4.79 Å². The molecule has 0 radical (unpaired) electrons. The SMILES string of the molecule is CCC(C)C(=O)NCC(c1ccco1)N1CCCCC1. The number of carbonyl (C=O) groups excluding carboxylic acids is 1. The second-order valence-corrected chi connectivity index (χ2v) is 5.68. The Balaban J connectivity index is 1.98. The van der Waals surface area contributed by atoms with E-state index in [1.165, 1.54) is 19.3 Å². The first-order valence-corrected chi connectivity index (χ1v) is 7.77. The van der Waals surface area contributed by atoms with Gasteiger partial charge in [-0.2, -0.15) is 0 Å². The van der Waals surface area contributed by atoms with Gasteiger partial charge in [0.1, 0.15) is 5.76 Å². The first-order valence-electron chi connectivity index (χ1n) is 7.77. The smallest absolute Gasteiger partial charge is 0.222 e. The maximum atomic E-state index is 12.0. The maximum Gasteiger partial charge on any atom is 0.222 e. The topological polar surface area (TPSA) is 45.5 Å². The van der Waals surface area contributed by atoms with Crippen molar-refractivity contribution in [2.75, 3.05) is 19.6 Å². The monoisotopic (exact) mass is 278 g/mol. The van der Waals surface area contributed by atoms with Gasteiger partial charge in [-0.1, -0.05) is 20.3 Å². The molecule has 1 fully saturated rings. The Hall–Kier alpha value is -1.29. The molecule has 2 rings (SSSR count). The second-order valence-electron chi connectivity index (χ2n) is 5.68. The van der Waals surface area contributed by atoms with Crippen molar-refractivity contribution < 1.29 is 9.21 Å². The number of nitrogens with zero attached hydrogens (tertiary/aromatic N) is 1. The van der Waals surface area contributed by atoms with Gasteiger partial charge in [-0.05, 0) is 44.5 Å². The highest BCUT2D eigenvalue weighted by atomic mass is 16.3. The number of furan rings is 1. The molecule has 2 heterocycles. The molecule has 1 aliphatic heterocycles. The molecule has 1 aliphatic rings. The van der Waals surface area contributed by atoms with Crippen LogP contribution in [0.15, 0.2) is 22.8 Å². The Kier molecular flexibility index (Phi) is 5.65. The van der Waals surface area contributed by atoms with E-state index in [0.29, 0.717) is 6.54 Å². The van der Waals surface area contributed by atoms with Crippen LogP contribution in [0.3, 0.4) is 0 Å². The van der Waals surface area contributed by atoms with Crippen LogP contribution < -0.4 is 5.32 Å². The van der Waals surface area contributed by atoms with Crippen LogP contribution in [-0.2, 0) is 4.79 Å². The molecule has 1 aromatic rings. The van der Waals surface area contributed by atoms with Crippen molar-refractivity contribution in [3.63, 3.8) is 0 Å². The summed E-state index contributed by atoms with van der Waals surface area (Å²) in [7, 11) is 0. The summed E-state index contributed by atoms with van der Waals surface area (Å²) in [5.74, 6) is 1.17. The molecule has 1 N–H and O–H groups in total. The zero-order valence-electron chi connectivity index (χ0n) is 12.6. The van der Waals surface area contributed by atoms with Crippen LogP contribution in [-0.4, -0.2) is 30.4 Å². The molecule has 0 saturated carbocycles. The van der Waals surface area contributed by atoms with Crippen LogP contribution in [0.4, 0.5) is 0 Å². The van der Waals surface area contributed by atoms with Crippen LogP contribution in [0.1, 0.15) is 51.3 Å². The van der Waals surface area contributed by atoms with E-state index in [4.69, 9.17) is 4.42 Å². The fourth-order valence-electron chi connectivity index (χ4n) is 2.68. The van der Waals surface area contributed by atoms with Gasteiger partial charge in [0.25, 0.3) is 0 Å². The van der Waals surface area contributed by atoms with Gasteiger partial charge in [0.2, 0.25) is 5.91 Å². The van der Waals surface area contributed by atoms with Crippen molar-refractivity contribution in [2.24, 2.45) is 5.92 Å². The lowest BCUT2D eigenvalue weighted by atomic mass is 10.1. The van der Waals surface area contributed by atoms with Gasteiger partial charge < -0.3 is 9.73 Å². The fraction of sp³-hybridized carbons (Fsp3) is 0.688. The van der Waals surface area contributed by atoms with E-state index in [-0.39, 0.29) is 17.9 Å². The van der Waals surface area contributed by atoms with Crippen LogP contribution in [0.25, 0.3) is 0 Å². The van der Waals surface area contributed by atoms with Crippen molar-refractivity contribution in [1.29, 1.82) is 0 Å². The molecule has 1 amide bonds. The normalized spacial score (nSPS) is 19.5. The largest absolute Gasteiger partial charge is 0.468 e. The Morgan fingerprint density at radius 3 is 2.75 bits per heavy atom. The Labute approximate surface area is 121 Å². The van der Waals surface area contributed by atoms with E-state index >= 15 is 0 Å². The molecule has 0 aromatic carbocycles. The third-order valence-corrected chi connectivity index (χ3v) is 4.23. The molecule has 1 saturated heterocycles. The highest BCUT2D eigenvalue weighted by Crippen LogP contribution is 2.24. The lowest BCUT2D eigenvalue weighted by Crippen LogP contribution is -2.41. The van der Waals surface area contributed by atoms with Crippen molar-refractivity contribution in [2.45, 2.75) is 45.6 Å². The lowest BCUT2D eigenvalue weighted by Gasteiger charge is -2.33. The number of nitrogens with one attached hydrogen (secondary N) is 1. The van der Waals surface area contributed by atoms with Gasteiger partial charge in [-0.3, -0.25) is 9.69 Å².